The molecular weight excluding hydrogens is 949 g/mol. The second kappa shape index (κ2) is 65.4. The van der Waals surface area contributed by atoms with Gasteiger partial charge >= 0.3 is 17.9 Å². The zero-order chi connectivity index (χ0) is 55.7. The first-order valence-electron chi connectivity index (χ1n) is 33.4. The summed E-state index contributed by atoms with van der Waals surface area (Å²) in [6, 6.07) is 0. The van der Waals surface area contributed by atoms with Crippen molar-refractivity contribution in [2.45, 2.75) is 348 Å². The van der Waals surface area contributed by atoms with Crippen molar-refractivity contribution in [1.29, 1.82) is 0 Å². The van der Waals surface area contributed by atoms with Gasteiger partial charge in [0.25, 0.3) is 0 Å². The third kappa shape index (κ3) is 63.6. The first-order valence-corrected chi connectivity index (χ1v) is 33.4. The van der Waals surface area contributed by atoms with Gasteiger partial charge in [0.1, 0.15) is 13.2 Å². The number of allylic oxidation sites excluding steroid dienone is 12. The lowest BCUT2D eigenvalue weighted by Crippen LogP contribution is -2.30. The fourth-order valence-corrected chi connectivity index (χ4v) is 9.66. The van der Waals surface area contributed by atoms with Crippen molar-refractivity contribution in [3.63, 3.8) is 0 Å². The van der Waals surface area contributed by atoms with Gasteiger partial charge in [-0.25, -0.2) is 0 Å². The molecule has 446 valence electrons. The molecule has 0 bridgehead atoms. The topological polar surface area (TPSA) is 78.9 Å². The van der Waals surface area contributed by atoms with E-state index in [1.165, 1.54) is 199 Å². The van der Waals surface area contributed by atoms with E-state index in [0.717, 1.165) is 103 Å². The molecule has 0 N–H and O–H groups in total. The van der Waals surface area contributed by atoms with Crippen LogP contribution in [-0.4, -0.2) is 37.2 Å². The molecule has 77 heavy (non-hydrogen) atoms. The smallest absolute Gasteiger partial charge is 0.306 e. The summed E-state index contributed by atoms with van der Waals surface area (Å²) in [4.78, 5) is 38.3. The monoisotopic (exact) mass is 1070 g/mol. The van der Waals surface area contributed by atoms with Crippen LogP contribution in [0.3, 0.4) is 0 Å². The van der Waals surface area contributed by atoms with E-state index < -0.39 is 6.10 Å². The molecular formula is C71H126O6. The third-order valence-corrected chi connectivity index (χ3v) is 14.7. The van der Waals surface area contributed by atoms with Crippen molar-refractivity contribution >= 4 is 17.9 Å². The molecule has 6 heteroatoms. The minimum Gasteiger partial charge on any atom is -0.462 e. The number of ether oxygens (including phenoxy) is 3. The van der Waals surface area contributed by atoms with Crippen molar-refractivity contribution < 1.29 is 28.6 Å². The first-order chi connectivity index (χ1) is 38.0. The number of rotatable bonds is 61. The molecule has 6 nitrogen and oxygen atoms in total. The van der Waals surface area contributed by atoms with Crippen molar-refractivity contribution in [3.8, 4) is 0 Å². The van der Waals surface area contributed by atoms with Crippen LogP contribution in [0.1, 0.15) is 342 Å². The van der Waals surface area contributed by atoms with Crippen molar-refractivity contribution in [2.24, 2.45) is 0 Å². The maximum absolute atomic E-state index is 12.9. The molecule has 0 radical (unpaired) electrons. The first kappa shape index (κ1) is 73.8. The zero-order valence-electron chi connectivity index (χ0n) is 51.2. The van der Waals surface area contributed by atoms with Crippen LogP contribution in [0.25, 0.3) is 0 Å². The number of carbonyl (C=O) groups excluding carboxylic acids is 3. The minimum absolute atomic E-state index is 0.0774. The Balaban J connectivity index is 4.16. The molecule has 0 amide bonds. The molecule has 0 aromatic carbocycles. The fraction of sp³-hybridized carbons (Fsp3) is 0.789. The Labute approximate surface area is 478 Å². The highest BCUT2D eigenvalue weighted by Crippen LogP contribution is 2.17. The van der Waals surface area contributed by atoms with Gasteiger partial charge in [0.15, 0.2) is 6.10 Å². The quantitative estimate of drug-likeness (QED) is 0.0261. The molecule has 0 saturated heterocycles. The van der Waals surface area contributed by atoms with E-state index in [1.54, 1.807) is 0 Å². The normalized spacial score (nSPS) is 12.5. The van der Waals surface area contributed by atoms with Gasteiger partial charge in [-0.3, -0.25) is 14.4 Å². The molecule has 0 spiro atoms. The van der Waals surface area contributed by atoms with Gasteiger partial charge in [-0.2, -0.15) is 0 Å². The molecule has 0 heterocycles. The molecule has 0 aliphatic rings. The lowest BCUT2D eigenvalue weighted by Gasteiger charge is -2.18. The average Bonchev–Trinajstić information content (AvgIpc) is 3.43. The van der Waals surface area contributed by atoms with E-state index in [1.807, 2.05) is 0 Å². The lowest BCUT2D eigenvalue weighted by molar-refractivity contribution is -0.167. The van der Waals surface area contributed by atoms with Gasteiger partial charge < -0.3 is 14.2 Å². The van der Waals surface area contributed by atoms with Gasteiger partial charge in [-0.05, 0) is 109 Å². The zero-order valence-corrected chi connectivity index (χ0v) is 51.2. The van der Waals surface area contributed by atoms with Crippen molar-refractivity contribution in [1.82, 2.24) is 0 Å². The Kier molecular flexibility index (Phi) is 62.7. The van der Waals surface area contributed by atoms with E-state index in [-0.39, 0.29) is 31.1 Å². The summed E-state index contributed by atoms with van der Waals surface area (Å²) in [7, 11) is 0. The summed E-state index contributed by atoms with van der Waals surface area (Å²) in [6.07, 6.45) is 85.0. The second-order valence-corrected chi connectivity index (χ2v) is 22.3. The van der Waals surface area contributed by atoms with Crippen LogP contribution in [0.5, 0.6) is 0 Å². The highest BCUT2D eigenvalue weighted by Gasteiger charge is 2.19. The van der Waals surface area contributed by atoms with Crippen LogP contribution in [0, 0.1) is 0 Å². The van der Waals surface area contributed by atoms with E-state index in [9.17, 15) is 14.4 Å². The van der Waals surface area contributed by atoms with Gasteiger partial charge in [-0.1, -0.05) is 286 Å². The Morgan fingerprint density at radius 3 is 0.805 bits per heavy atom. The third-order valence-electron chi connectivity index (χ3n) is 14.7. The number of carbonyl (C=O) groups is 3. The van der Waals surface area contributed by atoms with Crippen LogP contribution < -0.4 is 0 Å². The molecule has 0 aliphatic heterocycles. The average molecular weight is 1080 g/mol. The molecule has 0 aliphatic carbocycles. The van der Waals surface area contributed by atoms with Crippen molar-refractivity contribution in [3.05, 3.63) is 72.9 Å². The second-order valence-electron chi connectivity index (χ2n) is 22.3. The number of unbranched alkanes of at least 4 members (excludes halogenated alkanes) is 38. The summed E-state index contributed by atoms with van der Waals surface area (Å²) in [5, 5.41) is 0. The largest absolute Gasteiger partial charge is 0.462 e. The number of hydrogen-bond acceptors (Lipinski definition) is 6. The highest BCUT2D eigenvalue weighted by atomic mass is 16.6. The molecule has 1 unspecified atom stereocenters. The van der Waals surface area contributed by atoms with Crippen LogP contribution in [0.4, 0.5) is 0 Å². The van der Waals surface area contributed by atoms with Gasteiger partial charge in [0.05, 0.1) is 0 Å². The molecule has 0 aromatic rings. The van der Waals surface area contributed by atoms with E-state index in [4.69, 9.17) is 14.2 Å². The van der Waals surface area contributed by atoms with E-state index >= 15 is 0 Å². The highest BCUT2D eigenvalue weighted by molar-refractivity contribution is 5.71. The summed E-state index contributed by atoms with van der Waals surface area (Å²) in [5.41, 5.74) is 0. The molecule has 0 fully saturated rings. The molecule has 0 rings (SSSR count). The van der Waals surface area contributed by atoms with E-state index in [0.29, 0.717) is 19.3 Å². The maximum atomic E-state index is 12.9. The lowest BCUT2D eigenvalue weighted by atomic mass is 10.0. The van der Waals surface area contributed by atoms with Gasteiger partial charge in [0.2, 0.25) is 0 Å². The SMILES string of the molecule is CC/C=C\C/C=C\C/C=C\C/C=C\CCCCCCCCCCCCCCCCCCCCC(=O)OCC(COC(=O)CCCCCCC/C=C\CCCCCCC)OC(=O)CCCCCCC/C=C\CCCCCCC. The number of hydrogen-bond donors (Lipinski definition) is 0. The van der Waals surface area contributed by atoms with Gasteiger partial charge in [-0.15, -0.1) is 0 Å². The standard InChI is InChI=1S/C71H126O6/c1-4-7-10-13-16-19-22-25-28-29-30-31-32-33-34-35-36-37-38-39-40-41-42-43-44-47-49-52-55-58-61-64-70(73)76-67-68(77-71(74)65-62-59-56-53-50-46-27-24-21-18-15-12-9-6-3)66-75-69(72)63-60-57-54-51-48-45-26-23-20-17-14-11-8-5-2/h7,10,16,19,23-28,30-31,68H,4-6,8-9,11-15,17-18,20-22,29,32-67H2,1-3H3/b10-7-,19-16-,26-23-,27-24-,28-25-,31-30-. The summed E-state index contributed by atoms with van der Waals surface area (Å²) in [6.45, 7) is 6.53. The number of esters is 3. The summed E-state index contributed by atoms with van der Waals surface area (Å²) < 4.78 is 16.9. The molecule has 0 saturated carbocycles. The Hall–Kier alpha value is -3.15. The maximum Gasteiger partial charge on any atom is 0.306 e. The Morgan fingerprint density at radius 2 is 0.506 bits per heavy atom. The Bertz CT molecular complexity index is 1420. The van der Waals surface area contributed by atoms with E-state index in [2.05, 4.69) is 93.7 Å². The van der Waals surface area contributed by atoms with Crippen LogP contribution in [0.2, 0.25) is 0 Å². The summed E-state index contributed by atoms with van der Waals surface area (Å²) in [5.74, 6) is -0.878. The minimum atomic E-state index is -0.781. The molecule has 1 atom stereocenters. The van der Waals surface area contributed by atoms with Crippen LogP contribution in [0.15, 0.2) is 72.9 Å². The predicted molar refractivity (Wildman–Crippen MR) is 335 cm³/mol. The van der Waals surface area contributed by atoms with Crippen molar-refractivity contribution in [2.75, 3.05) is 13.2 Å². The fourth-order valence-electron chi connectivity index (χ4n) is 9.66. The molecule has 0 aromatic heterocycles. The predicted octanol–water partition coefficient (Wildman–Crippen LogP) is 22.9. The van der Waals surface area contributed by atoms with Crippen LogP contribution in [-0.2, 0) is 28.6 Å². The van der Waals surface area contributed by atoms with Crippen LogP contribution >= 0.6 is 0 Å². The summed E-state index contributed by atoms with van der Waals surface area (Å²) >= 11 is 0. The Morgan fingerprint density at radius 1 is 0.273 bits per heavy atom. The van der Waals surface area contributed by atoms with Gasteiger partial charge in [0, 0.05) is 19.3 Å².